The van der Waals surface area contributed by atoms with Gasteiger partial charge in [-0.25, -0.2) is 18.2 Å². The quantitative estimate of drug-likeness (QED) is 0.572. The van der Waals surface area contributed by atoms with Gasteiger partial charge in [0, 0.05) is 12.6 Å². The van der Waals surface area contributed by atoms with E-state index in [4.69, 9.17) is 4.74 Å². The molecule has 0 radical (unpaired) electrons. The van der Waals surface area contributed by atoms with Gasteiger partial charge in [-0.3, -0.25) is 0 Å². The fourth-order valence-electron chi connectivity index (χ4n) is 1.71. The van der Waals surface area contributed by atoms with Crippen LogP contribution < -0.4 is 15.4 Å². The van der Waals surface area contributed by atoms with Gasteiger partial charge in [-0.1, -0.05) is 13.0 Å². The fourth-order valence-corrected chi connectivity index (χ4v) is 1.71. The van der Waals surface area contributed by atoms with Gasteiger partial charge in [-0.05, 0) is 25.5 Å². The Morgan fingerprint density at radius 2 is 2.05 bits per heavy atom. The maximum atomic E-state index is 13.1. The molecular weight excluding hydrogens is 295 g/mol. The van der Waals surface area contributed by atoms with Crippen LogP contribution in [0.2, 0.25) is 0 Å². The van der Waals surface area contributed by atoms with E-state index in [1.807, 2.05) is 13.8 Å². The molecule has 1 unspecified atom stereocenters. The topological polar surface area (TPSA) is 45.7 Å². The minimum atomic E-state index is -2.49. The molecule has 0 aromatic heterocycles. The number of hydrogen-bond donors (Lipinski definition) is 2. The van der Waals surface area contributed by atoms with Gasteiger partial charge in [0.25, 0.3) is 6.43 Å². The molecule has 0 aliphatic rings. The third-order valence-corrected chi connectivity index (χ3v) is 2.78. The number of aliphatic imine (C=N–C) groups is 1. The van der Waals surface area contributed by atoms with Gasteiger partial charge >= 0.3 is 0 Å². The Labute approximate surface area is 128 Å². The Kier molecular flexibility index (Phi) is 8.17. The average Bonchev–Trinajstić information content (AvgIpc) is 2.48. The smallest absolute Gasteiger partial charge is 0.257 e. The summed E-state index contributed by atoms with van der Waals surface area (Å²) in [5.74, 6) is 0.374. The van der Waals surface area contributed by atoms with E-state index in [2.05, 4.69) is 15.6 Å². The molecule has 2 N–H and O–H groups in total. The van der Waals surface area contributed by atoms with E-state index in [-0.39, 0.29) is 11.9 Å². The number of benzene rings is 1. The Bertz CT molecular complexity index is 469. The fraction of sp³-hybridized carbons (Fsp3) is 0.533. The van der Waals surface area contributed by atoms with Gasteiger partial charge in [0.1, 0.15) is 24.2 Å². The number of ether oxygens (including phenoxy) is 1. The minimum absolute atomic E-state index is 0.225. The van der Waals surface area contributed by atoms with Crippen LogP contribution in [0.5, 0.6) is 5.75 Å². The highest BCUT2D eigenvalue weighted by Crippen LogP contribution is 2.14. The Morgan fingerprint density at radius 1 is 1.27 bits per heavy atom. The molecule has 1 aromatic carbocycles. The van der Waals surface area contributed by atoms with Gasteiger partial charge < -0.3 is 15.4 Å². The molecule has 0 heterocycles. The molecule has 0 aliphatic carbocycles. The molecular formula is C15H22F3N3O. The predicted octanol–water partition coefficient (Wildman–Crippen LogP) is 2.80. The zero-order valence-electron chi connectivity index (χ0n) is 12.8. The summed E-state index contributed by atoms with van der Waals surface area (Å²) in [6, 6.07) is 5.88. The van der Waals surface area contributed by atoms with Crippen LogP contribution in [0.4, 0.5) is 13.2 Å². The Hall–Kier alpha value is -1.92. The van der Waals surface area contributed by atoms with Crippen molar-refractivity contribution in [2.75, 3.05) is 19.6 Å². The average molecular weight is 317 g/mol. The van der Waals surface area contributed by atoms with Gasteiger partial charge in [0.2, 0.25) is 0 Å². The molecule has 22 heavy (non-hydrogen) atoms. The third kappa shape index (κ3) is 7.19. The lowest BCUT2D eigenvalue weighted by molar-refractivity contribution is 0.158. The van der Waals surface area contributed by atoms with E-state index in [1.54, 1.807) is 12.1 Å². The summed E-state index contributed by atoms with van der Waals surface area (Å²) in [4.78, 5) is 3.77. The summed E-state index contributed by atoms with van der Waals surface area (Å²) in [5.41, 5.74) is 0. The maximum Gasteiger partial charge on any atom is 0.257 e. The molecule has 0 saturated carbocycles. The summed E-state index contributed by atoms with van der Waals surface area (Å²) >= 11 is 0. The number of nitrogens with zero attached hydrogens (tertiary/aromatic N) is 1. The van der Waals surface area contributed by atoms with Crippen LogP contribution in [-0.2, 0) is 0 Å². The maximum absolute atomic E-state index is 13.1. The van der Waals surface area contributed by atoms with Crippen LogP contribution in [-0.4, -0.2) is 38.1 Å². The summed E-state index contributed by atoms with van der Waals surface area (Å²) in [7, 11) is 0. The van der Waals surface area contributed by atoms with Crippen LogP contribution in [0.25, 0.3) is 0 Å². The van der Waals surface area contributed by atoms with E-state index in [9.17, 15) is 13.2 Å². The second-order valence-electron chi connectivity index (χ2n) is 4.60. The molecule has 0 amide bonds. The Balaban J connectivity index is 2.55. The van der Waals surface area contributed by atoms with Gasteiger partial charge in [-0.15, -0.1) is 0 Å². The highest BCUT2D eigenvalue weighted by atomic mass is 19.3. The predicted molar refractivity (Wildman–Crippen MR) is 81.1 cm³/mol. The molecule has 0 spiro atoms. The molecule has 4 nitrogen and oxygen atoms in total. The molecule has 0 bridgehead atoms. The van der Waals surface area contributed by atoms with Crippen LogP contribution in [0, 0.1) is 5.82 Å². The van der Waals surface area contributed by atoms with Crippen molar-refractivity contribution in [1.82, 2.24) is 10.6 Å². The summed E-state index contributed by atoms with van der Waals surface area (Å²) in [6.07, 6.45) is -2.03. The molecule has 0 aliphatic heterocycles. The van der Waals surface area contributed by atoms with E-state index in [0.717, 1.165) is 0 Å². The number of halogens is 3. The van der Waals surface area contributed by atoms with Crippen LogP contribution in [0.3, 0.4) is 0 Å². The van der Waals surface area contributed by atoms with Crippen molar-refractivity contribution in [2.45, 2.75) is 32.8 Å². The van der Waals surface area contributed by atoms with Gasteiger partial charge in [-0.2, -0.15) is 0 Å². The summed E-state index contributed by atoms with van der Waals surface area (Å²) in [5, 5.41) is 5.83. The monoisotopic (exact) mass is 317 g/mol. The van der Waals surface area contributed by atoms with Gasteiger partial charge in [0.15, 0.2) is 5.96 Å². The molecule has 0 fully saturated rings. The van der Waals surface area contributed by atoms with Crippen molar-refractivity contribution < 1.29 is 17.9 Å². The number of nitrogens with one attached hydrogen (secondary N) is 2. The number of alkyl halides is 2. The molecule has 0 saturated heterocycles. The minimum Gasteiger partial charge on any atom is -0.489 e. The van der Waals surface area contributed by atoms with E-state index in [1.165, 1.54) is 12.1 Å². The third-order valence-electron chi connectivity index (χ3n) is 2.78. The first-order valence-electron chi connectivity index (χ1n) is 7.27. The lowest BCUT2D eigenvalue weighted by atomic mass is 10.2. The summed E-state index contributed by atoms with van der Waals surface area (Å²) in [6.45, 7) is 4.16. The summed E-state index contributed by atoms with van der Waals surface area (Å²) < 4.78 is 43.2. The molecule has 1 atom stereocenters. The van der Waals surface area contributed by atoms with Gasteiger partial charge in [0.05, 0.1) is 6.54 Å². The molecule has 1 rings (SSSR count). The highest BCUT2D eigenvalue weighted by molar-refractivity contribution is 5.79. The van der Waals surface area contributed by atoms with Crippen molar-refractivity contribution in [3.05, 3.63) is 30.1 Å². The molecule has 124 valence electrons. The first-order chi connectivity index (χ1) is 10.5. The molecule has 7 heteroatoms. The molecule has 1 aromatic rings. The SMILES string of the molecule is CCNC(=NCC(F)F)NCC(CC)Oc1cccc(F)c1. The van der Waals surface area contributed by atoms with Crippen LogP contribution >= 0.6 is 0 Å². The first-order valence-corrected chi connectivity index (χ1v) is 7.27. The second kappa shape index (κ2) is 9.92. The number of rotatable bonds is 8. The van der Waals surface area contributed by atoms with Crippen LogP contribution in [0.1, 0.15) is 20.3 Å². The van der Waals surface area contributed by atoms with E-state index >= 15 is 0 Å². The van der Waals surface area contributed by atoms with E-state index < -0.39 is 13.0 Å². The second-order valence-corrected chi connectivity index (χ2v) is 4.60. The van der Waals surface area contributed by atoms with E-state index in [0.29, 0.717) is 31.2 Å². The van der Waals surface area contributed by atoms with Crippen molar-refractivity contribution in [1.29, 1.82) is 0 Å². The zero-order valence-corrected chi connectivity index (χ0v) is 12.8. The highest BCUT2D eigenvalue weighted by Gasteiger charge is 2.10. The standard InChI is InChI=1S/C15H22F3N3O/c1-3-12(22-13-7-5-6-11(16)8-13)9-20-15(19-4-2)21-10-14(17)18/h5-8,12,14H,3-4,9-10H2,1-2H3,(H2,19,20,21). The van der Waals surface area contributed by atoms with Crippen LogP contribution in [0.15, 0.2) is 29.3 Å². The van der Waals surface area contributed by atoms with Crippen molar-refractivity contribution in [3.8, 4) is 5.75 Å². The van der Waals surface area contributed by atoms with Crippen molar-refractivity contribution >= 4 is 5.96 Å². The number of hydrogen-bond acceptors (Lipinski definition) is 2. The van der Waals surface area contributed by atoms with Crippen molar-refractivity contribution in [2.24, 2.45) is 4.99 Å². The van der Waals surface area contributed by atoms with Crippen molar-refractivity contribution in [3.63, 3.8) is 0 Å². The zero-order chi connectivity index (χ0) is 16.4. The normalized spacial score (nSPS) is 13.1. The first kappa shape index (κ1) is 18.1. The number of guanidine groups is 1. The Morgan fingerprint density at radius 3 is 2.64 bits per heavy atom. The largest absolute Gasteiger partial charge is 0.489 e. The lowest BCUT2D eigenvalue weighted by Gasteiger charge is -2.20. The lowest BCUT2D eigenvalue weighted by Crippen LogP contribution is -2.42.